The van der Waals surface area contributed by atoms with Crippen LogP contribution in [0.2, 0.25) is 9.36 Å². The third kappa shape index (κ3) is 4.28. The SMILES string of the molecule is O=C(O)CCSC[C@@H]1c2ccccc2CC1NC(=O)c1cc2sc(Cl)c(Cl)c2[nH]1. The topological polar surface area (TPSA) is 82.2 Å². The van der Waals surface area contributed by atoms with Crippen LogP contribution >= 0.6 is 46.3 Å². The molecule has 0 spiro atoms. The Balaban J connectivity index is 1.49. The molecule has 3 aromatic rings. The summed E-state index contributed by atoms with van der Waals surface area (Å²) in [4.78, 5) is 26.7. The molecule has 0 aliphatic heterocycles. The smallest absolute Gasteiger partial charge is 0.304 e. The van der Waals surface area contributed by atoms with Gasteiger partial charge in [0.2, 0.25) is 0 Å². The lowest BCUT2D eigenvalue weighted by Gasteiger charge is -2.21. The van der Waals surface area contributed by atoms with Crippen molar-refractivity contribution in [2.24, 2.45) is 0 Å². The summed E-state index contributed by atoms with van der Waals surface area (Å²) in [5.41, 5.74) is 3.59. The van der Waals surface area contributed by atoms with Crippen LogP contribution in [0.15, 0.2) is 30.3 Å². The standard InChI is InChI=1S/C20H18Cl2N2O3S2/c21-17-18-15(29-19(17)22)8-14(23-18)20(27)24-13-7-10-3-1-2-4-11(10)12(13)9-28-6-5-16(25)26/h1-4,8,12-13,23H,5-7,9H2,(H,24,27)(H,25,26)/t12-,13?/m1/s1. The summed E-state index contributed by atoms with van der Waals surface area (Å²) in [6.07, 6.45) is 0.895. The van der Waals surface area contributed by atoms with Gasteiger partial charge in [0.15, 0.2) is 0 Å². The van der Waals surface area contributed by atoms with Crippen molar-refractivity contribution in [2.75, 3.05) is 11.5 Å². The van der Waals surface area contributed by atoms with Crippen molar-refractivity contribution in [3.63, 3.8) is 0 Å². The van der Waals surface area contributed by atoms with Crippen LogP contribution in [-0.2, 0) is 11.2 Å². The molecule has 1 aliphatic rings. The second kappa shape index (κ2) is 8.60. The van der Waals surface area contributed by atoms with E-state index in [1.54, 1.807) is 17.8 Å². The largest absolute Gasteiger partial charge is 0.481 e. The van der Waals surface area contributed by atoms with Crippen molar-refractivity contribution < 1.29 is 14.7 Å². The van der Waals surface area contributed by atoms with Crippen molar-refractivity contribution in [2.45, 2.75) is 24.8 Å². The maximum absolute atomic E-state index is 12.9. The number of carbonyl (C=O) groups is 2. The lowest BCUT2D eigenvalue weighted by Crippen LogP contribution is -2.38. The number of rotatable bonds is 7. The van der Waals surface area contributed by atoms with Gasteiger partial charge in [-0.3, -0.25) is 9.59 Å². The molecule has 0 radical (unpaired) electrons. The summed E-state index contributed by atoms with van der Waals surface area (Å²) in [6.45, 7) is 0. The van der Waals surface area contributed by atoms with Crippen LogP contribution < -0.4 is 5.32 Å². The number of thioether (sulfide) groups is 1. The van der Waals surface area contributed by atoms with Gasteiger partial charge in [-0.1, -0.05) is 47.5 Å². The molecule has 4 rings (SSSR count). The Morgan fingerprint density at radius 3 is 2.86 bits per heavy atom. The number of amides is 1. The summed E-state index contributed by atoms with van der Waals surface area (Å²) in [5.74, 6) is 0.485. The number of carbonyl (C=O) groups excluding carboxylic acids is 1. The quantitative estimate of drug-likeness (QED) is 0.417. The van der Waals surface area contributed by atoms with Crippen molar-refractivity contribution in [1.82, 2.24) is 10.3 Å². The van der Waals surface area contributed by atoms with Gasteiger partial charge in [-0.2, -0.15) is 11.8 Å². The van der Waals surface area contributed by atoms with E-state index < -0.39 is 5.97 Å². The number of hydrogen-bond donors (Lipinski definition) is 3. The lowest BCUT2D eigenvalue weighted by atomic mass is 10.0. The monoisotopic (exact) mass is 468 g/mol. The molecule has 2 aromatic heterocycles. The molecule has 9 heteroatoms. The summed E-state index contributed by atoms with van der Waals surface area (Å²) in [6, 6.07) is 9.91. The summed E-state index contributed by atoms with van der Waals surface area (Å²) in [7, 11) is 0. The van der Waals surface area contributed by atoms with Crippen molar-refractivity contribution in [3.8, 4) is 0 Å². The second-order valence-electron chi connectivity index (χ2n) is 6.92. The maximum Gasteiger partial charge on any atom is 0.304 e. The fourth-order valence-corrected chi connectivity index (χ4v) is 6.33. The molecule has 0 saturated carbocycles. The Bertz CT molecular complexity index is 1080. The number of hydrogen-bond acceptors (Lipinski definition) is 4. The number of aromatic nitrogens is 1. The molecule has 2 heterocycles. The van der Waals surface area contributed by atoms with Gasteiger partial charge in [0.1, 0.15) is 10.0 Å². The van der Waals surface area contributed by atoms with E-state index in [1.165, 1.54) is 22.5 Å². The minimum Gasteiger partial charge on any atom is -0.481 e. The Morgan fingerprint density at radius 2 is 2.10 bits per heavy atom. The molecule has 1 unspecified atom stereocenters. The molecule has 152 valence electrons. The van der Waals surface area contributed by atoms with Crippen molar-refractivity contribution in [3.05, 3.63) is 56.5 Å². The summed E-state index contributed by atoms with van der Waals surface area (Å²) in [5, 5.41) is 12.4. The minimum absolute atomic E-state index is 0.0439. The predicted molar refractivity (Wildman–Crippen MR) is 120 cm³/mol. The highest BCUT2D eigenvalue weighted by atomic mass is 35.5. The molecule has 29 heavy (non-hydrogen) atoms. The maximum atomic E-state index is 12.9. The molecule has 5 nitrogen and oxygen atoms in total. The van der Waals surface area contributed by atoms with Crippen LogP contribution in [0, 0.1) is 0 Å². The molecule has 2 atom stereocenters. The van der Waals surface area contributed by atoms with E-state index in [-0.39, 0.29) is 24.3 Å². The number of carboxylic acids is 1. The summed E-state index contributed by atoms with van der Waals surface area (Å²) >= 11 is 15.2. The normalized spacial score (nSPS) is 18.1. The van der Waals surface area contributed by atoms with Crippen molar-refractivity contribution >= 4 is 68.4 Å². The van der Waals surface area contributed by atoms with E-state index in [2.05, 4.69) is 22.4 Å². The van der Waals surface area contributed by atoms with E-state index in [4.69, 9.17) is 28.3 Å². The zero-order valence-corrected chi connectivity index (χ0v) is 18.4. The molecule has 0 fully saturated rings. The Hall–Kier alpha value is -1.67. The first-order chi connectivity index (χ1) is 13.9. The lowest BCUT2D eigenvalue weighted by molar-refractivity contribution is -0.136. The molecule has 0 bridgehead atoms. The van der Waals surface area contributed by atoms with E-state index in [9.17, 15) is 9.59 Å². The average molecular weight is 469 g/mol. The van der Waals surface area contributed by atoms with Crippen molar-refractivity contribution in [1.29, 1.82) is 0 Å². The second-order valence-corrected chi connectivity index (χ2v) is 10.1. The van der Waals surface area contributed by atoms with Crippen LogP contribution in [0.1, 0.15) is 34.0 Å². The number of nitrogens with one attached hydrogen (secondary N) is 2. The molecule has 3 N–H and O–H groups in total. The van der Waals surface area contributed by atoms with Crippen LogP contribution in [0.3, 0.4) is 0 Å². The number of benzene rings is 1. The van der Waals surface area contributed by atoms with Crippen LogP contribution in [0.5, 0.6) is 0 Å². The number of fused-ring (bicyclic) bond motifs is 2. The number of carboxylic acid groups (broad SMARTS) is 1. The number of aliphatic carboxylic acids is 1. The van der Waals surface area contributed by atoms with Gasteiger partial charge < -0.3 is 15.4 Å². The van der Waals surface area contributed by atoms with Gasteiger partial charge in [-0.15, -0.1) is 11.3 Å². The average Bonchev–Trinajstić information content (AvgIpc) is 3.32. The minimum atomic E-state index is -0.792. The van der Waals surface area contributed by atoms with E-state index >= 15 is 0 Å². The third-order valence-electron chi connectivity index (χ3n) is 5.07. The van der Waals surface area contributed by atoms with E-state index in [0.717, 1.165) is 16.9 Å². The Morgan fingerprint density at radius 1 is 1.31 bits per heavy atom. The number of H-pyrrole nitrogens is 1. The molecule has 0 saturated heterocycles. The highest BCUT2D eigenvalue weighted by molar-refractivity contribution is 7.99. The first-order valence-electron chi connectivity index (χ1n) is 9.08. The zero-order valence-electron chi connectivity index (χ0n) is 15.2. The van der Waals surface area contributed by atoms with E-state index in [0.29, 0.717) is 26.3 Å². The predicted octanol–water partition coefficient (Wildman–Crippen LogP) is 5.18. The van der Waals surface area contributed by atoms with Gasteiger partial charge in [-0.25, -0.2) is 0 Å². The first-order valence-corrected chi connectivity index (χ1v) is 11.8. The van der Waals surface area contributed by atoms with Gasteiger partial charge in [0.05, 0.1) is 21.7 Å². The molecular weight excluding hydrogens is 451 g/mol. The zero-order chi connectivity index (χ0) is 20.5. The molecular formula is C20H18Cl2N2O3S2. The molecule has 1 aromatic carbocycles. The fraction of sp³-hybridized carbons (Fsp3) is 0.300. The van der Waals surface area contributed by atoms with E-state index in [1.807, 2.05) is 12.1 Å². The summed E-state index contributed by atoms with van der Waals surface area (Å²) < 4.78 is 1.35. The highest BCUT2D eigenvalue weighted by Gasteiger charge is 2.33. The Labute approximate surface area is 185 Å². The Kier molecular flexibility index (Phi) is 6.11. The third-order valence-corrected chi connectivity index (χ3v) is 8.09. The van der Waals surface area contributed by atoms with Gasteiger partial charge in [0.25, 0.3) is 5.91 Å². The van der Waals surface area contributed by atoms with Crippen LogP contribution in [-0.4, -0.2) is 39.5 Å². The van der Waals surface area contributed by atoms with Crippen LogP contribution in [0.25, 0.3) is 10.2 Å². The number of aromatic amines is 1. The highest BCUT2D eigenvalue weighted by Crippen LogP contribution is 2.39. The number of halogens is 2. The number of thiophene rings is 1. The van der Waals surface area contributed by atoms with Gasteiger partial charge in [-0.05, 0) is 23.6 Å². The first kappa shape index (κ1) is 20.6. The molecule has 1 amide bonds. The van der Waals surface area contributed by atoms with Crippen LogP contribution in [0.4, 0.5) is 0 Å². The van der Waals surface area contributed by atoms with Gasteiger partial charge in [0, 0.05) is 23.5 Å². The molecule has 1 aliphatic carbocycles. The fourth-order valence-electron chi connectivity index (χ4n) is 3.69. The van der Waals surface area contributed by atoms with Gasteiger partial charge >= 0.3 is 5.97 Å².